The van der Waals surface area contributed by atoms with Gasteiger partial charge in [-0.3, -0.25) is 0 Å². The van der Waals surface area contributed by atoms with Gasteiger partial charge in [0.25, 0.3) is 0 Å². The molecule has 0 aliphatic heterocycles. The average Bonchev–Trinajstić information content (AvgIpc) is 3.38. The van der Waals surface area contributed by atoms with Gasteiger partial charge in [-0.05, 0) is 0 Å². The van der Waals surface area contributed by atoms with E-state index in [1.165, 1.54) is 64.6 Å². The molecule has 2 aliphatic rings. The van der Waals surface area contributed by atoms with Gasteiger partial charge in [0.15, 0.2) is 0 Å². The third kappa shape index (κ3) is 5.32. The second kappa shape index (κ2) is 11.5. The predicted octanol–water partition coefficient (Wildman–Crippen LogP) is -0.0116. The van der Waals surface area contributed by atoms with Crippen LogP contribution in [0, 0.1) is 0 Å². The summed E-state index contributed by atoms with van der Waals surface area (Å²) in [5.74, 6) is 0.418. The van der Waals surface area contributed by atoms with Gasteiger partial charge in [0, 0.05) is 0 Å². The van der Waals surface area contributed by atoms with Crippen molar-refractivity contribution in [1.29, 1.82) is 0 Å². The molecular weight excluding hydrogens is 527 g/mol. The van der Waals surface area contributed by atoms with Gasteiger partial charge in [0.05, 0.1) is 0 Å². The molecule has 0 heterocycles. The van der Waals surface area contributed by atoms with E-state index in [1.54, 1.807) is 8.45 Å². The molecular formula is C28H23Cl2SiZr. The van der Waals surface area contributed by atoms with Crippen molar-refractivity contribution in [1.82, 2.24) is 0 Å². The summed E-state index contributed by atoms with van der Waals surface area (Å²) >= 11 is 1.54. The normalized spacial score (nSPS) is 15.9. The van der Waals surface area contributed by atoms with Crippen molar-refractivity contribution in [2.75, 3.05) is 0 Å². The first-order chi connectivity index (χ1) is 14.8. The molecule has 3 aromatic rings. The summed E-state index contributed by atoms with van der Waals surface area (Å²) in [4.78, 5) is 0. The van der Waals surface area contributed by atoms with Gasteiger partial charge in [-0.1, -0.05) is 0 Å². The Bertz CT molecular complexity index is 1150. The van der Waals surface area contributed by atoms with Crippen molar-refractivity contribution < 1.29 is 49.5 Å². The molecule has 1 unspecified atom stereocenters. The Balaban J connectivity index is 0.00000144. The van der Waals surface area contributed by atoms with E-state index in [1.807, 2.05) is 0 Å². The van der Waals surface area contributed by atoms with Crippen molar-refractivity contribution in [2.45, 2.75) is 18.0 Å². The number of hydrogen-bond acceptors (Lipinski definition) is 0. The minimum absolute atomic E-state index is 0. The number of halogens is 2. The van der Waals surface area contributed by atoms with E-state index in [-0.39, 0.29) is 24.8 Å². The summed E-state index contributed by atoms with van der Waals surface area (Å²) in [6.07, 6.45) is 9.55. The standard InChI is InChI=1S/C28H23Si.2ClH.Zr/c1-3-9-22(10-4-1)20-29(21-23-11-5-2-6-12-23)26-17-15-25(19-26)28-18-16-24-13-7-8-14-27(24)28;;;/h1-18,28H,20-21H2;2*1H;/q;;;+2/p-2. The van der Waals surface area contributed by atoms with Gasteiger partial charge in [-0.15, -0.1) is 0 Å². The van der Waals surface area contributed by atoms with Gasteiger partial charge >= 0.3 is 197 Å². The number of rotatable bonds is 5. The Kier molecular flexibility index (Phi) is 9.03. The molecule has 0 aromatic heterocycles. The summed E-state index contributed by atoms with van der Waals surface area (Å²) < 4.78 is 1.59. The van der Waals surface area contributed by atoms with Crippen LogP contribution in [0.15, 0.2) is 112 Å². The van der Waals surface area contributed by atoms with Gasteiger partial charge < -0.3 is 24.8 Å². The third-order valence-electron chi connectivity index (χ3n) is 6.02. The van der Waals surface area contributed by atoms with Crippen LogP contribution in [-0.4, -0.2) is 13.6 Å². The van der Waals surface area contributed by atoms with Crippen LogP contribution in [0.4, 0.5) is 0 Å². The zero-order valence-electron chi connectivity index (χ0n) is 17.6. The van der Waals surface area contributed by atoms with Crippen LogP contribution in [-0.2, 0) is 36.8 Å². The molecule has 0 N–H and O–H groups in total. The third-order valence-corrected chi connectivity index (χ3v) is 10.9. The maximum atomic E-state index is 2.45. The predicted molar refractivity (Wildman–Crippen MR) is 125 cm³/mol. The molecule has 0 spiro atoms. The van der Waals surface area contributed by atoms with Crippen LogP contribution < -0.4 is 24.8 Å². The number of allylic oxidation sites excluding steroid dienone is 5. The molecule has 1 atom stereocenters. The molecule has 0 fully saturated rings. The molecule has 2 aliphatic carbocycles. The van der Waals surface area contributed by atoms with Crippen LogP contribution in [0.1, 0.15) is 28.2 Å². The molecule has 32 heavy (non-hydrogen) atoms. The number of fused-ring (bicyclic) bond motifs is 1. The van der Waals surface area contributed by atoms with Crippen molar-refractivity contribution >= 4 is 19.7 Å². The molecule has 0 saturated carbocycles. The summed E-state index contributed by atoms with van der Waals surface area (Å²) in [6.45, 7) is 0. The number of benzene rings is 3. The molecule has 0 bridgehead atoms. The quantitative estimate of drug-likeness (QED) is 0.393. The van der Waals surface area contributed by atoms with Crippen molar-refractivity contribution in [3.63, 3.8) is 0 Å². The fraction of sp³-hybridized carbons (Fsp3) is 0.107. The Hall–Kier alpha value is -1.57. The van der Waals surface area contributed by atoms with E-state index in [0.29, 0.717) is 5.92 Å². The molecule has 0 amide bonds. The van der Waals surface area contributed by atoms with Crippen LogP contribution >= 0.6 is 0 Å². The van der Waals surface area contributed by atoms with E-state index in [4.69, 9.17) is 0 Å². The van der Waals surface area contributed by atoms with Crippen molar-refractivity contribution in [2.24, 2.45) is 0 Å². The van der Waals surface area contributed by atoms with Gasteiger partial charge in [-0.2, -0.15) is 0 Å². The second-order valence-electron chi connectivity index (χ2n) is 7.97. The summed E-state index contributed by atoms with van der Waals surface area (Å²) in [5.41, 5.74) is 7.28. The first-order valence-electron chi connectivity index (χ1n) is 10.5. The van der Waals surface area contributed by atoms with E-state index >= 15 is 0 Å². The Labute approximate surface area is 220 Å². The Morgan fingerprint density at radius 3 is 1.84 bits per heavy atom. The summed E-state index contributed by atoms with van der Waals surface area (Å²) in [6, 6.07) is 33.3. The van der Waals surface area contributed by atoms with Crippen LogP contribution in [0.2, 0.25) is 0 Å². The van der Waals surface area contributed by atoms with Gasteiger partial charge in [0.1, 0.15) is 0 Å². The molecule has 0 nitrogen and oxygen atoms in total. The average molecular weight is 550 g/mol. The zero-order valence-corrected chi connectivity index (χ0v) is 22.6. The molecule has 5 rings (SSSR count). The van der Waals surface area contributed by atoms with Crippen LogP contribution in [0.3, 0.4) is 0 Å². The van der Waals surface area contributed by atoms with Crippen molar-refractivity contribution in [3.8, 4) is 0 Å². The van der Waals surface area contributed by atoms with E-state index < -0.39 is 8.41 Å². The molecule has 4 heteroatoms. The fourth-order valence-electron chi connectivity index (χ4n) is 4.51. The van der Waals surface area contributed by atoms with E-state index in [0.717, 1.165) is 0 Å². The first kappa shape index (κ1) is 25.1. The molecule has 0 radical (unpaired) electrons. The van der Waals surface area contributed by atoms with Crippen LogP contribution in [0.5, 0.6) is 0 Å². The molecule has 157 valence electrons. The SMILES string of the molecule is [Cl-].[Cl-].[Zr+2][C]1=C(C2C=Cc3ccccc32)C=CC1=[Si](Cc1ccccc1)Cc1ccccc1. The van der Waals surface area contributed by atoms with E-state index in [9.17, 15) is 0 Å². The number of hydrogen-bond donors (Lipinski definition) is 0. The fourth-order valence-corrected chi connectivity index (χ4v) is 9.38. The topological polar surface area (TPSA) is 0 Å². The Morgan fingerprint density at radius 1 is 0.656 bits per heavy atom. The van der Waals surface area contributed by atoms with E-state index in [2.05, 4.69) is 109 Å². The van der Waals surface area contributed by atoms with Gasteiger partial charge in [-0.25, -0.2) is 0 Å². The van der Waals surface area contributed by atoms with Crippen molar-refractivity contribution in [3.05, 3.63) is 134 Å². The summed E-state index contributed by atoms with van der Waals surface area (Å²) in [5, 5.41) is 1.64. The molecule has 0 saturated heterocycles. The van der Waals surface area contributed by atoms with Crippen LogP contribution in [0.25, 0.3) is 6.08 Å². The maximum absolute atomic E-state index is 2.45. The van der Waals surface area contributed by atoms with Gasteiger partial charge in [0.2, 0.25) is 0 Å². The monoisotopic (exact) mass is 547 g/mol. The second-order valence-corrected chi connectivity index (χ2v) is 11.7. The zero-order chi connectivity index (χ0) is 20.3. The molecule has 3 aromatic carbocycles. The summed E-state index contributed by atoms with van der Waals surface area (Å²) in [7, 11) is -0.743. The Morgan fingerprint density at radius 2 is 1.22 bits per heavy atom. The minimum atomic E-state index is -0.743. The first-order valence-corrected chi connectivity index (χ1v) is 13.6.